The molecule has 1 aromatic rings. The molecule has 1 aliphatic heterocycles. The smallest absolute Gasteiger partial charge is 0.0451 e. The molecule has 0 bridgehead atoms. The minimum atomic E-state index is 0. The molecule has 0 amide bonds. The van der Waals surface area contributed by atoms with Gasteiger partial charge in [0.25, 0.3) is 0 Å². The summed E-state index contributed by atoms with van der Waals surface area (Å²) < 4.78 is 0. The maximum Gasteiger partial charge on any atom is 0.0451 e. The zero-order chi connectivity index (χ0) is 12.1. The van der Waals surface area contributed by atoms with Crippen molar-refractivity contribution >= 4 is 24.0 Å². The van der Waals surface area contributed by atoms with E-state index in [9.17, 15) is 0 Å². The highest BCUT2D eigenvalue weighted by Gasteiger charge is 2.21. The molecule has 2 nitrogen and oxygen atoms in total. The van der Waals surface area contributed by atoms with Crippen LogP contribution in [0.1, 0.15) is 31.2 Å². The lowest BCUT2D eigenvalue weighted by Gasteiger charge is -2.35. The minimum absolute atomic E-state index is 0. The third-order valence-corrected chi connectivity index (χ3v) is 3.95. The maximum absolute atomic E-state index is 6.22. The molecule has 1 saturated heterocycles. The van der Waals surface area contributed by atoms with Crippen molar-refractivity contribution in [1.29, 1.82) is 0 Å². The van der Waals surface area contributed by atoms with Crippen molar-refractivity contribution in [3.8, 4) is 0 Å². The average molecular weight is 289 g/mol. The van der Waals surface area contributed by atoms with Crippen LogP contribution in [0.4, 0.5) is 0 Å². The second-order valence-corrected chi connectivity index (χ2v) is 5.20. The molecule has 2 N–H and O–H groups in total. The van der Waals surface area contributed by atoms with Gasteiger partial charge in [-0.25, -0.2) is 0 Å². The van der Waals surface area contributed by atoms with Crippen LogP contribution in [0, 0.1) is 0 Å². The summed E-state index contributed by atoms with van der Waals surface area (Å²) in [6.45, 7) is 2.92. The van der Waals surface area contributed by atoms with Gasteiger partial charge in [0.05, 0.1) is 0 Å². The molecule has 0 aliphatic carbocycles. The van der Waals surface area contributed by atoms with E-state index >= 15 is 0 Å². The van der Waals surface area contributed by atoms with Gasteiger partial charge in [0.15, 0.2) is 0 Å². The van der Waals surface area contributed by atoms with E-state index in [1.165, 1.54) is 31.4 Å². The van der Waals surface area contributed by atoms with Gasteiger partial charge in [0, 0.05) is 17.6 Å². The fourth-order valence-electron chi connectivity index (χ4n) is 2.63. The summed E-state index contributed by atoms with van der Waals surface area (Å²) in [5, 5.41) is 0.879. The van der Waals surface area contributed by atoms with Gasteiger partial charge in [-0.15, -0.1) is 12.4 Å². The first kappa shape index (κ1) is 15.8. The first-order valence-electron chi connectivity index (χ1n) is 6.49. The van der Waals surface area contributed by atoms with E-state index in [2.05, 4.69) is 17.0 Å². The third kappa shape index (κ3) is 4.13. The molecule has 1 aliphatic rings. The number of rotatable bonds is 4. The summed E-state index contributed by atoms with van der Waals surface area (Å²) in [6.07, 6.45) is 5.02. The van der Waals surface area contributed by atoms with E-state index in [4.69, 9.17) is 17.3 Å². The maximum atomic E-state index is 6.22. The molecule has 0 radical (unpaired) electrons. The Bertz CT molecular complexity index is 355. The number of halogens is 2. The fraction of sp³-hybridized carbons (Fsp3) is 0.571. The van der Waals surface area contributed by atoms with Gasteiger partial charge >= 0.3 is 0 Å². The van der Waals surface area contributed by atoms with E-state index in [0.717, 1.165) is 24.5 Å². The Morgan fingerprint density at radius 1 is 1.28 bits per heavy atom. The molecular weight excluding hydrogens is 267 g/mol. The van der Waals surface area contributed by atoms with Crippen LogP contribution in [0.3, 0.4) is 0 Å². The van der Waals surface area contributed by atoms with Crippen LogP contribution in [0.25, 0.3) is 0 Å². The molecule has 0 spiro atoms. The second kappa shape index (κ2) is 8.00. The SMILES string of the molecule is Cl.NCCC1CCCCN1Cc1ccccc1Cl. The number of piperidine rings is 1. The number of nitrogens with two attached hydrogens (primary N) is 1. The van der Waals surface area contributed by atoms with Crippen molar-refractivity contribution < 1.29 is 0 Å². The molecule has 1 aromatic carbocycles. The van der Waals surface area contributed by atoms with Gasteiger partial charge in [-0.1, -0.05) is 36.2 Å². The summed E-state index contributed by atoms with van der Waals surface area (Å²) in [6, 6.07) is 8.78. The zero-order valence-electron chi connectivity index (χ0n) is 10.6. The third-order valence-electron chi connectivity index (χ3n) is 3.58. The predicted octanol–water partition coefficient (Wildman–Crippen LogP) is 3.47. The molecular formula is C14H22Cl2N2. The zero-order valence-corrected chi connectivity index (χ0v) is 12.2. The van der Waals surface area contributed by atoms with Gasteiger partial charge < -0.3 is 5.73 Å². The van der Waals surface area contributed by atoms with E-state index in [0.29, 0.717) is 6.04 Å². The normalized spacial score (nSPS) is 20.4. The Morgan fingerprint density at radius 2 is 2.06 bits per heavy atom. The lowest BCUT2D eigenvalue weighted by molar-refractivity contribution is 0.134. The van der Waals surface area contributed by atoms with Gasteiger partial charge in [0.1, 0.15) is 0 Å². The summed E-state index contributed by atoms with van der Waals surface area (Å²) in [5.74, 6) is 0. The highest BCUT2D eigenvalue weighted by Crippen LogP contribution is 2.24. The topological polar surface area (TPSA) is 29.3 Å². The van der Waals surface area contributed by atoms with Crippen molar-refractivity contribution in [2.75, 3.05) is 13.1 Å². The molecule has 1 fully saturated rings. The standard InChI is InChI=1S/C14H21ClN2.ClH/c15-14-7-2-1-5-12(14)11-17-10-4-3-6-13(17)8-9-16;/h1-2,5,7,13H,3-4,6,8-11,16H2;1H. The Kier molecular flexibility index (Phi) is 7.02. The van der Waals surface area contributed by atoms with Crippen LogP contribution in [-0.2, 0) is 6.54 Å². The molecule has 18 heavy (non-hydrogen) atoms. The Balaban J connectivity index is 0.00000162. The first-order chi connectivity index (χ1) is 8.31. The minimum Gasteiger partial charge on any atom is -0.330 e. The fourth-order valence-corrected chi connectivity index (χ4v) is 2.83. The summed E-state index contributed by atoms with van der Waals surface area (Å²) in [4.78, 5) is 2.54. The Morgan fingerprint density at radius 3 is 2.78 bits per heavy atom. The molecule has 1 unspecified atom stereocenters. The monoisotopic (exact) mass is 288 g/mol. The largest absolute Gasteiger partial charge is 0.330 e. The van der Waals surface area contributed by atoms with Crippen LogP contribution >= 0.6 is 24.0 Å². The number of hydrogen-bond acceptors (Lipinski definition) is 2. The van der Waals surface area contributed by atoms with E-state index in [1.54, 1.807) is 0 Å². The summed E-state index contributed by atoms with van der Waals surface area (Å²) in [7, 11) is 0. The van der Waals surface area contributed by atoms with Gasteiger partial charge in [-0.2, -0.15) is 0 Å². The van der Waals surface area contributed by atoms with Crippen molar-refractivity contribution in [1.82, 2.24) is 4.90 Å². The van der Waals surface area contributed by atoms with Crippen LogP contribution in [-0.4, -0.2) is 24.0 Å². The average Bonchev–Trinajstić information content (AvgIpc) is 2.35. The molecule has 0 aromatic heterocycles. The molecule has 1 atom stereocenters. The molecule has 2 rings (SSSR count). The number of benzene rings is 1. The number of hydrogen-bond donors (Lipinski definition) is 1. The molecule has 1 heterocycles. The quantitative estimate of drug-likeness (QED) is 0.919. The highest BCUT2D eigenvalue weighted by atomic mass is 35.5. The van der Waals surface area contributed by atoms with E-state index in [-0.39, 0.29) is 12.4 Å². The first-order valence-corrected chi connectivity index (χ1v) is 6.86. The van der Waals surface area contributed by atoms with Gasteiger partial charge in [-0.3, -0.25) is 4.90 Å². The lowest BCUT2D eigenvalue weighted by atomic mass is 9.98. The Hall–Kier alpha value is -0.280. The van der Waals surface area contributed by atoms with E-state index < -0.39 is 0 Å². The van der Waals surface area contributed by atoms with Crippen LogP contribution in [0.2, 0.25) is 5.02 Å². The van der Waals surface area contributed by atoms with Gasteiger partial charge in [-0.05, 0) is 44.0 Å². The summed E-state index contributed by atoms with van der Waals surface area (Å²) in [5.41, 5.74) is 6.93. The Labute approximate surface area is 121 Å². The number of nitrogens with zero attached hydrogens (tertiary/aromatic N) is 1. The molecule has 102 valence electrons. The lowest BCUT2D eigenvalue weighted by Crippen LogP contribution is -2.40. The molecule has 4 heteroatoms. The highest BCUT2D eigenvalue weighted by molar-refractivity contribution is 6.31. The number of likely N-dealkylation sites (tertiary alicyclic amines) is 1. The van der Waals surface area contributed by atoms with Crippen LogP contribution < -0.4 is 5.73 Å². The van der Waals surface area contributed by atoms with Crippen molar-refractivity contribution in [2.24, 2.45) is 5.73 Å². The van der Waals surface area contributed by atoms with Crippen LogP contribution in [0.5, 0.6) is 0 Å². The van der Waals surface area contributed by atoms with Crippen molar-refractivity contribution in [3.63, 3.8) is 0 Å². The van der Waals surface area contributed by atoms with Crippen LogP contribution in [0.15, 0.2) is 24.3 Å². The van der Waals surface area contributed by atoms with Gasteiger partial charge in [0.2, 0.25) is 0 Å². The molecule has 0 saturated carbocycles. The predicted molar refractivity (Wildman–Crippen MR) is 80.4 cm³/mol. The van der Waals surface area contributed by atoms with Crippen molar-refractivity contribution in [2.45, 2.75) is 38.3 Å². The van der Waals surface area contributed by atoms with E-state index in [1.807, 2.05) is 12.1 Å². The summed E-state index contributed by atoms with van der Waals surface area (Å²) >= 11 is 6.22. The van der Waals surface area contributed by atoms with Crippen molar-refractivity contribution in [3.05, 3.63) is 34.9 Å². The second-order valence-electron chi connectivity index (χ2n) is 4.79.